The molecule has 0 spiro atoms. The van der Waals surface area contributed by atoms with E-state index in [4.69, 9.17) is 0 Å². The standard InChI is InChI=1S/C11H21N3O3S/c15-11(12-10-4-2-1-3-5-10)13-14-6-8-18(16,17)9-7-14/h10H,1-9H2,(H2,12,13,15). The Morgan fingerprint density at radius 1 is 1.06 bits per heavy atom. The van der Waals surface area contributed by atoms with E-state index in [0.717, 1.165) is 12.8 Å². The molecular weight excluding hydrogens is 254 g/mol. The van der Waals surface area contributed by atoms with Crippen LogP contribution in [0.5, 0.6) is 0 Å². The highest BCUT2D eigenvalue weighted by atomic mass is 32.2. The van der Waals surface area contributed by atoms with Gasteiger partial charge in [0.05, 0.1) is 11.5 Å². The van der Waals surface area contributed by atoms with Gasteiger partial charge < -0.3 is 5.32 Å². The van der Waals surface area contributed by atoms with Gasteiger partial charge in [-0.05, 0) is 12.8 Å². The number of amides is 2. The van der Waals surface area contributed by atoms with Crippen LogP contribution < -0.4 is 10.7 Å². The third kappa shape index (κ3) is 4.13. The van der Waals surface area contributed by atoms with Crippen LogP contribution in [-0.4, -0.2) is 50.1 Å². The van der Waals surface area contributed by atoms with Crippen molar-refractivity contribution in [2.45, 2.75) is 38.1 Å². The number of hydrazine groups is 1. The minimum atomic E-state index is -2.89. The van der Waals surface area contributed by atoms with E-state index in [1.54, 1.807) is 5.01 Å². The number of urea groups is 1. The molecule has 1 aliphatic heterocycles. The molecule has 2 N–H and O–H groups in total. The zero-order valence-electron chi connectivity index (χ0n) is 10.5. The van der Waals surface area contributed by atoms with Gasteiger partial charge in [0.15, 0.2) is 9.84 Å². The molecule has 0 aromatic heterocycles. The lowest BCUT2D eigenvalue weighted by Gasteiger charge is -2.29. The Morgan fingerprint density at radius 2 is 1.67 bits per heavy atom. The fraction of sp³-hybridized carbons (Fsp3) is 0.909. The molecular formula is C11H21N3O3S. The number of carbonyl (C=O) groups excluding carboxylic acids is 1. The minimum Gasteiger partial charge on any atom is -0.334 e. The van der Waals surface area contributed by atoms with E-state index in [1.165, 1.54) is 19.3 Å². The maximum Gasteiger partial charge on any atom is 0.329 e. The molecule has 1 aliphatic carbocycles. The smallest absolute Gasteiger partial charge is 0.329 e. The van der Waals surface area contributed by atoms with Crippen molar-refractivity contribution in [3.63, 3.8) is 0 Å². The highest BCUT2D eigenvalue weighted by molar-refractivity contribution is 7.91. The Labute approximate surface area is 108 Å². The second-order valence-electron chi connectivity index (χ2n) is 5.06. The van der Waals surface area contributed by atoms with Crippen LogP contribution >= 0.6 is 0 Å². The van der Waals surface area contributed by atoms with Gasteiger partial charge >= 0.3 is 6.03 Å². The van der Waals surface area contributed by atoms with Gasteiger partial charge in [0.25, 0.3) is 0 Å². The summed E-state index contributed by atoms with van der Waals surface area (Å²) < 4.78 is 22.5. The molecule has 104 valence electrons. The first-order chi connectivity index (χ1) is 8.55. The van der Waals surface area contributed by atoms with Gasteiger partial charge in [-0.1, -0.05) is 19.3 Å². The monoisotopic (exact) mass is 275 g/mol. The molecule has 1 saturated heterocycles. The van der Waals surface area contributed by atoms with E-state index in [9.17, 15) is 13.2 Å². The normalized spacial score (nSPS) is 25.6. The molecule has 6 nitrogen and oxygen atoms in total. The molecule has 18 heavy (non-hydrogen) atoms. The van der Waals surface area contributed by atoms with Crippen molar-refractivity contribution in [3.05, 3.63) is 0 Å². The first kappa shape index (κ1) is 13.6. The van der Waals surface area contributed by atoms with E-state index in [-0.39, 0.29) is 23.6 Å². The van der Waals surface area contributed by atoms with Gasteiger partial charge in [0, 0.05) is 19.1 Å². The largest absolute Gasteiger partial charge is 0.334 e. The summed E-state index contributed by atoms with van der Waals surface area (Å²) in [6.45, 7) is 0.751. The first-order valence-corrected chi connectivity index (χ1v) is 8.40. The van der Waals surface area contributed by atoms with Crippen molar-refractivity contribution < 1.29 is 13.2 Å². The lowest BCUT2D eigenvalue weighted by Crippen LogP contribution is -2.54. The minimum absolute atomic E-state index is 0.122. The molecule has 7 heteroatoms. The van der Waals surface area contributed by atoms with Gasteiger partial charge in [0.2, 0.25) is 0 Å². The number of hydrogen-bond acceptors (Lipinski definition) is 4. The SMILES string of the molecule is O=C(NC1CCCCC1)NN1CCS(=O)(=O)CC1. The van der Waals surface area contributed by atoms with Crippen molar-refractivity contribution in [2.24, 2.45) is 0 Å². The summed E-state index contributed by atoms with van der Waals surface area (Å²) in [5, 5.41) is 4.63. The van der Waals surface area contributed by atoms with Crippen LogP contribution in [0.15, 0.2) is 0 Å². The number of sulfone groups is 1. The predicted octanol–water partition coefficient (Wildman–Crippen LogP) is 0.264. The lowest BCUT2D eigenvalue weighted by atomic mass is 9.96. The van der Waals surface area contributed by atoms with Crippen LogP contribution in [0.3, 0.4) is 0 Å². The van der Waals surface area contributed by atoms with Crippen LogP contribution in [0.1, 0.15) is 32.1 Å². The Hall–Kier alpha value is -0.820. The zero-order valence-corrected chi connectivity index (χ0v) is 11.3. The molecule has 2 amide bonds. The van der Waals surface area contributed by atoms with Crippen molar-refractivity contribution in [1.82, 2.24) is 15.8 Å². The average Bonchev–Trinajstić information content (AvgIpc) is 2.33. The molecule has 1 heterocycles. The summed E-state index contributed by atoms with van der Waals surface area (Å²) in [7, 11) is -2.89. The molecule has 2 fully saturated rings. The molecule has 0 bridgehead atoms. The van der Waals surface area contributed by atoms with Crippen molar-refractivity contribution in [2.75, 3.05) is 24.6 Å². The number of rotatable bonds is 2. The Bertz CT molecular complexity index is 376. The van der Waals surface area contributed by atoms with E-state index < -0.39 is 9.84 Å². The molecule has 0 atom stereocenters. The van der Waals surface area contributed by atoms with Crippen LogP contribution in [0.4, 0.5) is 4.79 Å². The number of nitrogens with one attached hydrogen (secondary N) is 2. The van der Waals surface area contributed by atoms with Gasteiger partial charge in [-0.3, -0.25) is 5.43 Å². The topological polar surface area (TPSA) is 78.5 Å². The van der Waals surface area contributed by atoms with Crippen LogP contribution in [-0.2, 0) is 9.84 Å². The Kier molecular flexibility index (Phi) is 4.45. The van der Waals surface area contributed by atoms with Gasteiger partial charge in [-0.15, -0.1) is 0 Å². The third-order valence-electron chi connectivity index (χ3n) is 3.54. The van der Waals surface area contributed by atoms with Crippen molar-refractivity contribution in [3.8, 4) is 0 Å². The van der Waals surface area contributed by atoms with Crippen molar-refractivity contribution in [1.29, 1.82) is 0 Å². The molecule has 0 aromatic carbocycles. The van der Waals surface area contributed by atoms with Crippen LogP contribution in [0.2, 0.25) is 0 Å². The highest BCUT2D eigenvalue weighted by Crippen LogP contribution is 2.17. The Morgan fingerprint density at radius 3 is 2.28 bits per heavy atom. The van der Waals surface area contributed by atoms with E-state index in [0.29, 0.717) is 13.1 Å². The maximum absolute atomic E-state index is 11.7. The van der Waals surface area contributed by atoms with E-state index >= 15 is 0 Å². The zero-order chi connectivity index (χ0) is 13.0. The third-order valence-corrected chi connectivity index (χ3v) is 5.15. The molecule has 0 radical (unpaired) electrons. The molecule has 2 aliphatic rings. The van der Waals surface area contributed by atoms with E-state index in [1.807, 2.05) is 0 Å². The van der Waals surface area contributed by atoms with E-state index in [2.05, 4.69) is 10.7 Å². The molecule has 1 saturated carbocycles. The summed E-state index contributed by atoms with van der Waals surface area (Å²) in [5.74, 6) is 0.243. The number of nitrogens with zero attached hydrogens (tertiary/aromatic N) is 1. The Balaban J connectivity index is 1.71. The molecule has 0 aromatic rings. The van der Waals surface area contributed by atoms with Crippen molar-refractivity contribution >= 4 is 15.9 Å². The van der Waals surface area contributed by atoms with Gasteiger partial charge in [0.1, 0.15) is 0 Å². The van der Waals surface area contributed by atoms with Crippen LogP contribution in [0.25, 0.3) is 0 Å². The fourth-order valence-electron chi connectivity index (χ4n) is 2.43. The van der Waals surface area contributed by atoms with Gasteiger partial charge in [-0.25, -0.2) is 18.2 Å². The summed E-state index contributed by atoms with van der Waals surface area (Å²) in [4.78, 5) is 11.7. The average molecular weight is 275 g/mol. The van der Waals surface area contributed by atoms with Gasteiger partial charge in [-0.2, -0.15) is 0 Å². The van der Waals surface area contributed by atoms with Crippen LogP contribution in [0, 0.1) is 0 Å². The molecule has 0 unspecified atom stereocenters. The summed E-state index contributed by atoms with van der Waals surface area (Å²) in [5.41, 5.74) is 2.72. The quantitative estimate of drug-likeness (QED) is 0.758. The number of hydrogen-bond donors (Lipinski definition) is 2. The number of carbonyl (C=O) groups is 1. The summed E-state index contributed by atoms with van der Waals surface area (Å²) in [6, 6.07) is 0.0634. The summed E-state index contributed by atoms with van der Waals surface area (Å²) in [6.07, 6.45) is 5.69. The predicted molar refractivity (Wildman–Crippen MR) is 68.8 cm³/mol. The fourth-order valence-corrected chi connectivity index (χ4v) is 3.63. The second kappa shape index (κ2) is 5.88. The summed E-state index contributed by atoms with van der Waals surface area (Å²) >= 11 is 0. The highest BCUT2D eigenvalue weighted by Gasteiger charge is 2.23. The molecule has 2 rings (SSSR count). The first-order valence-electron chi connectivity index (χ1n) is 6.58. The maximum atomic E-state index is 11.7. The lowest BCUT2D eigenvalue weighted by molar-refractivity contribution is 0.179. The second-order valence-corrected chi connectivity index (χ2v) is 7.36.